The number of ether oxygens (including phenoxy) is 1. The number of rotatable bonds is 9. The minimum atomic E-state index is -0.302. The summed E-state index contributed by atoms with van der Waals surface area (Å²) in [7, 11) is 1.83. The summed E-state index contributed by atoms with van der Waals surface area (Å²) in [5.74, 6) is 1.27. The van der Waals surface area contributed by atoms with Crippen LogP contribution in [0.2, 0.25) is 5.02 Å². The lowest BCUT2D eigenvalue weighted by molar-refractivity contribution is 0.122. The lowest BCUT2D eigenvalue weighted by Gasteiger charge is -2.34. The fourth-order valence-corrected chi connectivity index (χ4v) is 3.94. The van der Waals surface area contributed by atoms with Gasteiger partial charge in [0.15, 0.2) is 0 Å². The molecule has 0 bridgehead atoms. The van der Waals surface area contributed by atoms with Gasteiger partial charge in [-0.15, -0.1) is 0 Å². The first-order valence-electron chi connectivity index (χ1n) is 10.1. The van der Waals surface area contributed by atoms with Crippen LogP contribution in [0.3, 0.4) is 0 Å². The summed E-state index contributed by atoms with van der Waals surface area (Å²) in [4.78, 5) is 16.4. The normalized spacial score (nSPS) is 19.9. The molecular formula is C21H33ClN2O3. The van der Waals surface area contributed by atoms with E-state index >= 15 is 0 Å². The van der Waals surface area contributed by atoms with Gasteiger partial charge in [0.05, 0.1) is 6.61 Å². The van der Waals surface area contributed by atoms with Crippen molar-refractivity contribution in [1.82, 2.24) is 9.80 Å². The van der Waals surface area contributed by atoms with Gasteiger partial charge in [-0.25, -0.2) is 4.79 Å². The van der Waals surface area contributed by atoms with E-state index in [4.69, 9.17) is 21.4 Å². The van der Waals surface area contributed by atoms with Gasteiger partial charge in [0.2, 0.25) is 0 Å². The quantitative estimate of drug-likeness (QED) is 0.671. The zero-order valence-electron chi connectivity index (χ0n) is 16.6. The first kappa shape index (κ1) is 22.0. The summed E-state index contributed by atoms with van der Waals surface area (Å²) in [5, 5.41) is 9.68. The molecule has 1 aromatic carbocycles. The average molecular weight is 397 g/mol. The van der Waals surface area contributed by atoms with Crippen LogP contribution in [0.4, 0.5) is 4.79 Å². The Hall–Kier alpha value is -1.30. The number of aliphatic hydroxyl groups is 1. The summed E-state index contributed by atoms with van der Waals surface area (Å²) >= 11 is 5.86. The second-order valence-electron chi connectivity index (χ2n) is 7.41. The van der Waals surface area contributed by atoms with Crippen molar-refractivity contribution in [3.8, 4) is 5.75 Å². The molecule has 27 heavy (non-hydrogen) atoms. The Morgan fingerprint density at radius 1 is 1.19 bits per heavy atom. The van der Waals surface area contributed by atoms with E-state index in [1.807, 2.05) is 7.05 Å². The molecule has 1 N–H and O–H groups in total. The molecule has 5 nitrogen and oxygen atoms in total. The molecule has 0 atom stereocenters. The number of amides is 1. The Kier molecular flexibility index (Phi) is 9.39. The Morgan fingerprint density at radius 2 is 1.85 bits per heavy atom. The third kappa shape index (κ3) is 7.32. The standard InChI is InChI=1S/C21H33ClN2O3/c1-3-24(15-16-25)14-4-5-17-6-10-19(11-7-17)23(2)21(26)27-20-12-8-18(22)9-13-20/h8-9,12-13,17,19,25H,3-7,10-11,14-16H2,1-2H3. The summed E-state index contributed by atoms with van der Waals surface area (Å²) in [6.45, 7) is 5.19. The first-order chi connectivity index (χ1) is 13.0. The number of nitrogens with zero attached hydrogens (tertiary/aromatic N) is 2. The van der Waals surface area contributed by atoms with Gasteiger partial charge in [0, 0.05) is 24.7 Å². The molecule has 1 aliphatic rings. The number of hydrogen-bond acceptors (Lipinski definition) is 4. The zero-order valence-corrected chi connectivity index (χ0v) is 17.3. The van der Waals surface area contributed by atoms with Gasteiger partial charge < -0.3 is 19.6 Å². The van der Waals surface area contributed by atoms with Crippen LogP contribution >= 0.6 is 11.6 Å². The third-order valence-corrected chi connectivity index (χ3v) is 5.87. The molecule has 0 unspecified atom stereocenters. The summed E-state index contributed by atoms with van der Waals surface area (Å²) in [5.41, 5.74) is 0. The minimum Gasteiger partial charge on any atom is -0.410 e. The monoisotopic (exact) mass is 396 g/mol. The molecule has 152 valence electrons. The molecule has 2 rings (SSSR count). The molecule has 6 heteroatoms. The second-order valence-corrected chi connectivity index (χ2v) is 7.84. The highest BCUT2D eigenvalue weighted by Gasteiger charge is 2.27. The van der Waals surface area contributed by atoms with E-state index in [1.165, 1.54) is 12.8 Å². The second kappa shape index (κ2) is 11.5. The van der Waals surface area contributed by atoms with Gasteiger partial charge in [0.25, 0.3) is 0 Å². The summed E-state index contributed by atoms with van der Waals surface area (Å²) in [6.07, 6.45) is 6.50. The number of aliphatic hydroxyl groups excluding tert-OH is 1. The van der Waals surface area contributed by atoms with Crippen molar-refractivity contribution >= 4 is 17.7 Å². The smallest absolute Gasteiger partial charge is 0.410 e. The van der Waals surface area contributed by atoms with Crippen molar-refractivity contribution in [2.24, 2.45) is 5.92 Å². The number of halogens is 1. The molecule has 1 aliphatic carbocycles. The van der Waals surface area contributed by atoms with E-state index in [9.17, 15) is 4.79 Å². The van der Waals surface area contributed by atoms with Crippen LogP contribution in [0.1, 0.15) is 45.4 Å². The van der Waals surface area contributed by atoms with Crippen molar-refractivity contribution in [2.45, 2.75) is 51.5 Å². The number of likely N-dealkylation sites (N-methyl/N-ethyl adjacent to an activating group) is 1. The zero-order chi connectivity index (χ0) is 19.6. The van der Waals surface area contributed by atoms with Crippen LogP contribution in [0, 0.1) is 5.92 Å². The predicted octanol–water partition coefficient (Wildman–Crippen LogP) is 4.42. The van der Waals surface area contributed by atoms with Gasteiger partial charge in [0.1, 0.15) is 5.75 Å². The maximum Gasteiger partial charge on any atom is 0.415 e. The lowest BCUT2D eigenvalue weighted by atomic mass is 9.83. The molecule has 1 saturated carbocycles. The fraction of sp³-hybridized carbons (Fsp3) is 0.667. The molecule has 1 fully saturated rings. The van der Waals surface area contributed by atoms with Crippen LogP contribution in [0.15, 0.2) is 24.3 Å². The summed E-state index contributed by atoms with van der Waals surface area (Å²) in [6, 6.07) is 7.11. The highest BCUT2D eigenvalue weighted by Crippen LogP contribution is 2.30. The van der Waals surface area contributed by atoms with E-state index in [0.717, 1.165) is 51.2 Å². The van der Waals surface area contributed by atoms with Crippen molar-refractivity contribution < 1.29 is 14.6 Å². The molecule has 1 amide bonds. The molecule has 0 spiro atoms. The largest absolute Gasteiger partial charge is 0.415 e. The SMILES string of the molecule is CCN(CCO)CCCC1CCC(N(C)C(=O)Oc2ccc(Cl)cc2)CC1. The Labute approximate surface area is 168 Å². The Balaban J connectivity index is 1.69. The van der Waals surface area contributed by atoms with E-state index in [-0.39, 0.29) is 18.7 Å². The maximum atomic E-state index is 12.4. The highest BCUT2D eigenvalue weighted by atomic mass is 35.5. The molecule has 0 saturated heterocycles. The minimum absolute atomic E-state index is 0.234. The van der Waals surface area contributed by atoms with Crippen molar-refractivity contribution in [2.75, 3.05) is 33.3 Å². The van der Waals surface area contributed by atoms with Crippen LogP contribution in [0.25, 0.3) is 0 Å². The third-order valence-electron chi connectivity index (χ3n) is 5.62. The van der Waals surface area contributed by atoms with Gasteiger partial charge >= 0.3 is 6.09 Å². The number of carbonyl (C=O) groups is 1. The molecule has 0 radical (unpaired) electrons. The van der Waals surface area contributed by atoms with Crippen LogP contribution in [0.5, 0.6) is 5.75 Å². The highest BCUT2D eigenvalue weighted by molar-refractivity contribution is 6.30. The van der Waals surface area contributed by atoms with E-state index in [0.29, 0.717) is 10.8 Å². The fourth-order valence-electron chi connectivity index (χ4n) is 3.82. The van der Waals surface area contributed by atoms with Crippen molar-refractivity contribution in [3.63, 3.8) is 0 Å². The molecule has 0 aromatic heterocycles. The lowest BCUT2D eigenvalue weighted by Crippen LogP contribution is -2.41. The van der Waals surface area contributed by atoms with Gasteiger partial charge in [-0.2, -0.15) is 0 Å². The first-order valence-corrected chi connectivity index (χ1v) is 10.4. The average Bonchev–Trinajstić information content (AvgIpc) is 2.69. The van der Waals surface area contributed by atoms with E-state index < -0.39 is 0 Å². The van der Waals surface area contributed by atoms with Gasteiger partial charge in [-0.1, -0.05) is 18.5 Å². The Morgan fingerprint density at radius 3 is 2.44 bits per heavy atom. The van der Waals surface area contributed by atoms with Crippen LogP contribution < -0.4 is 4.74 Å². The van der Waals surface area contributed by atoms with E-state index in [1.54, 1.807) is 29.2 Å². The molecule has 0 aliphatic heterocycles. The molecule has 0 heterocycles. The van der Waals surface area contributed by atoms with Crippen LogP contribution in [-0.2, 0) is 0 Å². The van der Waals surface area contributed by atoms with Crippen LogP contribution in [-0.4, -0.2) is 60.3 Å². The Bertz CT molecular complexity index is 559. The van der Waals surface area contributed by atoms with Crippen molar-refractivity contribution in [1.29, 1.82) is 0 Å². The van der Waals surface area contributed by atoms with E-state index in [2.05, 4.69) is 11.8 Å². The summed E-state index contributed by atoms with van der Waals surface area (Å²) < 4.78 is 5.44. The van der Waals surface area contributed by atoms with Crippen molar-refractivity contribution in [3.05, 3.63) is 29.3 Å². The molecular weight excluding hydrogens is 364 g/mol. The van der Waals surface area contributed by atoms with Gasteiger partial charge in [-0.3, -0.25) is 0 Å². The maximum absolute atomic E-state index is 12.4. The predicted molar refractivity (Wildman–Crippen MR) is 109 cm³/mol. The number of hydrogen-bond donors (Lipinski definition) is 1. The number of benzene rings is 1. The van der Waals surface area contributed by atoms with Gasteiger partial charge in [-0.05, 0) is 81.8 Å². The number of carbonyl (C=O) groups excluding carboxylic acids is 1. The molecule has 1 aromatic rings. The topological polar surface area (TPSA) is 53.0 Å².